The highest BCUT2D eigenvalue weighted by Gasteiger charge is 2.19. The Labute approximate surface area is 136 Å². The highest BCUT2D eigenvalue weighted by molar-refractivity contribution is 6.32. The van der Waals surface area contributed by atoms with E-state index >= 15 is 0 Å². The van der Waals surface area contributed by atoms with Crippen LogP contribution in [0, 0.1) is 11.2 Å². The number of guanidine groups is 1. The number of halogens is 1. The van der Waals surface area contributed by atoms with E-state index in [-0.39, 0.29) is 42.3 Å². The minimum Gasteiger partial charge on any atom is -0.472 e. The Morgan fingerprint density at radius 3 is 2.96 bits per heavy atom. The highest BCUT2D eigenvalue weighted by Crippen LogP contribution is 2.16. The Morgan fingerprint density at radius 2 is 2.29 bits per heavy atom. The number of nitrogens with zero attached hydrogens (tertiary/aromatic N) is 3. The first-order valence-corrected chi connectivity index (χ1v) is 6.80. The third-order valence-corrected chi connectivity index (χ3v) is 2.86. The molecule has 0 aliphatic carbocycles. The van der Waals surface area contributed by atoms with E-state index in [1.807, 2.05) is 0 Å². The summed E-state index contributed by atoms with van der Waals surface area (Å²) in [5.74, 6) is -0.646. The van der Waals surface area contributed by atoms with Crippen LogP contribution in [-0.4, -0.2) is 48.3 Å². The van der Waals surface area contributed by atoms with Crippen LogP contribution < -0.4 is 26.6 Å². The first-order chi connectivity index (χ1) is 11.5. The van der Waals surface area contributed by atoms with Gasteiger partial charge in [-0.15, -0.1) is 0 Å². The summed E-state index contributed by atoms with van der Waals surface area (Å²) in [6, 6.07) is 4.28. The topological polar surface area (TPSA) is 155 Å². The minimum absolute atomic E-state index is 0.0144. The van der Waals surface area contributed by atoms with Crippen molar-refractivity contribution in [3.63, 3.8) is 0 Å². The summed E-state index contributed by atoms with van der Waals surface area (Å²) in [5.41, 5.74) is 6.07. The normalized spacial score (nSPS) is 11.1. The number of ether oxygens (including phenoxy) is 1. The van der Waals surface area contributed by atoms with Crippen molar-refractivity contribution in [1.29, 1.82) is 5.41 Å². The van der Waals surface area contributed by atoms with E-state index in [0.29, 0.717) is 11.2 Å². The SMILES string of the molecule is Bc1cc(N/C(=N\O)c2nonc2OCCNC(=N)N)ccc1F. The van der Waals surface area contributed by atoms with Gasteiger partial charge in [0.1, 0.15) is 20.3 Å². The number of benzene rings is 1. The predicted molar refractivity (Wildman–Crippen MR) is 86.2 cm³/mol. The first-order valence-electron chi connectivity index (χ1n) is 6.80. The summed E-state index contributed by atoms with van der Waals surface area (Å²) in [6.45, 7) is 0.382. The van der Waals surface area contributed by atoms with Crippen LogP contribution in [0.2, 0.25) is 0 Å². The second-order valence-corrected chi connectivity index (χ2v) is 4.64. The van der Waals surface area contributed by atoms with E-state index in [0.717, 1.165) is 0 Å². The molecule has 2 rings (SSSR count). The molecule has 0 aliphatic heterocycles. The number of hydrogen-bond donors (Lipinski definition) is 5. The lowest BCUT2D eigenvalue weighted by molar-refractivity contribution is 0.258. The van der Waals surface area contributed by atoms with Crippen LogP contribution in [-0.2, 0) is 0 Å². The molecule has 0 radical (unpaired) electrons. The molecule has 0 fully saturated rings. The van der Waals surface area contributed by atoms with Gasteiger partial charge in [0.05, 0.1) is 6.54 Å². The molecule has 126 valence electrons. The minimum atomic E-state index is -0.354. The van der Waals surface area contributed by atoms with Gasteiger partial charge in [-0.2, -0.15) is 0 Å². The molecule has 0 bridgehead atoms. The third-order valence-electron chi connectivity index (χ3n) is 2.86. The summed E-state index contributed by atoms with van der Waals surface area (Å²) in [7, 11) is 1.60. The summed E-state index contributed by atoms with van der Waals surface area (Å²) >= 11 is 0. The van der Waals surface area contributed by atoms with Crippen LogP contribution in [0.1, 0.15) is 5.69 Å². The number of aromatic nitrogens is 2. The molecule has 0 amide bonds. The van der Waals surface area contributed by atoms with Crippen LogP contribution in [0.25, 0.3) is 0 Å². The molecule has 0 spiro atoms. The molecule has 0 atom stereocenters. The maximum Gasteiger partial charge on any atom is 0.287 e. The Morgan fingerprint density at radius 1 is 1.50 bits per heavy atom. The molecule has 0 unspecified atom stereocenters. The van der Waals surface area contributed by atoms with Crippen LogP contribution in [0.5, 0.6) is 5.88 Å². The Balaban J connectivity index is 2.07. The Bertz CT molecular complexity index is 752. The van der Waals surface area contributed by atoms with Crippen molar-refractivity contribution in [2.75, 3.05) is 18.5 Å². The number of hydrogen-bond acceptors (Lipinski definition) is 7. The van der Waals surface area contributed by atoms with E-state index in [2.05, 4.69) is 30.7 Å². The van der Waals surface area contributed by atoms with Gasteiger partial charge in [0.15, 0.2) is 5.96 Å². The van der Waals surface area contributed by atoms with Crippen molar-refractivity contribution in [2.24, 2.45) is 10.9 Å². The van der Waals surface area contributed by atoms with E-state index in [4.69, 9.17) is 15.9 Å². The Kier molecular flexibility index (Phi) is 5.55. The van der Waals surface area contributed by atoms with Crippen LogP contribution in [0.15, 0.2) is 28.0 Å². The predicted octanol–water partition coefficient (Wildman–Crippen LogP) is -1.42. The van der Waals surface area contributed by atoms with E-state index in [1.54, 1.807) is 7.85 Å². The monoisotopic (exact) mass is 335 g/mol. The molecule has 0 saturated heterocycles. The van der Waals surface area contributed by atoms with Gasteiger partial charge in [-0.1, -0.05) is 10.6 Å². The lowest BCUT2D eigenvalue weighted by Gasteiger charge is -2.09. The summed E-state index contributed by atoms with van der Waals surface area (Å²) in [6.07, 6.45) is 0. The van der Waals surface area contributed by atoms with E-state index in [9.17, 15) is 9.60 Å². The number of rotatable bonds is 6. The van der Waals surface area contributed by atoms with E-state index in [1.165, 1.54) is 18.2 Å². The molecule has 10 nitrogen and oxygen atoms in total. The molecule has 1 heterocycles. The van der Waals surface area contributed by atoms with Gasteiger partial charge in [0.25, 0.3) is 5.88 Å². The fraction of sp³-hybridized carbons (Fsp3) is 0.167. The van der Waals surface area contributed by atoms with E-state index < -0.39 is 0 Å². The largest absolute Gasteiger partial charge is 0.472 e. The molecule has 24 heavy (non-hydrogen) atoms. The van der Waals surface area contributed by atoms with Crippen LogP contribution >= 0.6 is 0 Å². The zero-order chi connectivity index (χ0) is 17.5. The number of nitrogens with one attached hydrogen (secondary N) is 3. The average Bonchev–Trinajstić information content (AvgIpc) is 3.00. The number of anilines is 1. The molecule has 1 aromatic heterocycles. The molecule has 2 aromatic rings. The summed E-state index contributed by atoms with van der Waals surface area (Å²) in [4.78, 5) is 0. The van der Waals surface area contributed by atoms with Crippen LogP contribution in [0.3, 0.4) is 0 Å². The zero-order valence-electron chi connectivity index (χ0n) is 12.7. The van der Waals surface area contributed by atoms with Gasteiger partial charge in [-0.25, -0.2) is 9.02 Å². The van der Waals surface area contributed by atoms with Crippen molar-refractivity contribution in [2.45, 2.75) is 0 Å². The van der Waals surface area contributed by atoms with Crippen molar-refractivity contribution in [3.05, 3.63) is 29.7 Å². The molecule has 6 N–H and O–H groups in total. The summed E-state index contributed by atoms with van der Waals surface area (Å²) < 4.78 is 23.2. The maximum atomic E-state index is 13.3. The quantitative estimate of drug-likeness (QED) is 0.108. The highest BCUT2D eigenvalue weighted by atomic mass is 19.1. The van der Waals surface area contributed by atoms with Crippen molar-refractivity contribution >= 4 is 30.8 Å². The molecule has 1 aromatic carbocycles. The van der Waals surface area contributed by atoms with Crippen LogP contribution in [0.4, 0.5) is 10.1 Å². The van der Waals surface area contributed by atoms with Gasteiger partial charge in [0, 0.05) is 5.69 Å². The fourth-order valence-corrected chi connectivity index (χ4v) is 1.74. The third kappa shape index (κ3) is 4.35. The van der Waals surface area contributed by atoms with Crippen molar-refractivity contribution in [3.8, 4) is 5.88 Å². The molecule has 0 aliphatic rings. The molecular formula is C12H15BFN7O3. The standard InChI is InChI=1S/C12H15BFN7O3/c13-7-5-6(1-2-8(7)14)18-10(19-22)9-11(21-24-20-9)23-4-3-17-12(15)16/h1-2,5,22H,3-4,13H2,(H,18,19)(H4,15,16,17). The van der Waals surface area contributed by atoms with Gasteiger partial charge < -0.3 is 26.3 Å². The van der Waals surface area contributed by atoms with Gasteiger partial charge in [-0.3, -0.25) is 5.41 Å². The van der Waals surface area contributed by atoms with Crippen molar-refractivity contribution in [1.82, 2.24) is 15.6 Å². The lowest BCUT2D eigenvalue weighted by Crippen LogP contribution is -2.33. The first kappa shape index (κ1) is 17.1. The lowest BCUT2D eigenvalue weighted by atomic mass is 9.95. The number of amidine groups is 1. The maximum absolute atomic E-state index is 13.3. The van der Waals surface area contributed by atoms with Crippen molar-refractivity contribution < 1.29 is 19.0 Å². The molecular weight excluding hydrogens is 320 g/mol. The number of oxime groups is 1. The number of nitrogens with two attached hydrogens (primary N) is 1. The van der Waals surface area contributed by atoms with Gasteiger partial charge in [-0.05, 0) is 28.5 Å². The smallest absolute Gasteiger partial charge is 0.287 e. The summed E-state index contributed by atoms with van der Waals surface area (Å²) in [5, 5.41) is 31.8. The average molecular weight is 335 g/mol. The Hall–Kier alpha value is -3.31. The second-order valence-electron chi connectivity index (χ2n) is 4.64. The van der Waals surface area contributed by atoms with Gasteiger partial charge >= 0.3 is 0 Å². The molecule has 0 saturated carbocycles. The van der Waals surface area contributed by atoms with Gasteiger partial charge in [0.2, 0.25) is 11.5 Å². The second kappa shape index (κ2) is 7.81. The zero-order valence-corrected chi connectivity index (χ0v) is 12.7. The fourth-order valence-electron chi connectivity index (χ4n) is 1.74. The molecule has 12 heteroatoms.